The van der Waals surface area contributed by atoms with Crippen molar-refractivity contribution in [1.29, 1.82) is 0 Å². The molecule has 19 heavy (non-hydrogen) atoms. The van der Waals surface area contributed by atoms with Crippen LogP contribution in [-0.4, -0.2) is 48.2 Å². The molecule has 104 valence electrons. The predicted octanol–water partition coefficient (Wildman–Crippen LogP) is 1.98. The van der Waals surface area contributed by atoms with Crippen LogP contribution in [0.15, 0.2) is 24.3 Å². The van der Waals surface area contributed by atoms with Gasteiger partial charge in [-0.1, -0.05) is 18.2 Å². The van der Waals surface area contributed by atoms with Crippen LogP contribution in [0, 0.1) is 6.92 Å². The van der Waals surface area contributed by atoms with Gasteiger partial charge in [-0.05, 0) is 32.5 Å². The molecule has 1 fully saturated rings. The predicted molar refractivity (Wildman–Crippen MR) is 76.7 cm³/mol. The van der Waals surface area contributed by atoms with Crippen molar-refractivity contribution < 1.29 is 9.90 Å². The number of aryl methyl sites for hydroxylation is 1. The molecule has 2 atom stereocenters. The van der Waals surface area contributed by atoms with E-state index in [1.807, 2.05) is 19.2 Å². The van der Waals surface area contributed by atoms with E-state index in [4.69, 9.17) is 5.11 Å². The minimum atomic E-state index is -0.726. The van der Waals surface area contributed by atoms with Crippen LogP contribution in [0.5, 0.6) is 0 Å². The maximum absolute atomic E-state index is 11.0. The number of benzene rings is 1. The summed E-state index contributed by atoms with van der Waals surface area (Å²) in [7, 11) is 2.01. The lowest BCUT2D eigenvalue weighted by Crippen LogP contribution is -2.56. The summed E-state index contributed by atoms with van der Waals surface area (Å²) < 4.78 is 0. The van der Waals surface area contributed by atoms with E-state index in [0.29, 0.717) is 6.04 Å². The maximum Gasteiger partial charge on any atom is 0.305 e. The number of likely N-dealkylation sites (N-methyl/N-ethyl adjacent to an activating group) is 1. The zero-order chi connectivity index (χ0) is 14.0. The molecule has 2 unspecified atom stereocenters. The third kappa shape index (κ3) is 3.07. The zero-order valence-electron chi connectivity index (χ0n) is 11.8. The lowest BCUT2D eigenvalue weighted by atomic mass is 10.0. The first-order valence-corrected chi connectivity index (χ1v) is 6.73. The first-order valence-electron chi connectivity index (χ1n) is 6.73. The smallest absolute Gasteiger partial charge is 0.305 e. The van der Waals surface area contributed by atoms with Crippen molar-refractivity contribution in [1.82, 2.24) is 4.90 Å². The van der Waals surface area contributed by atoms with E-state index in [0.717, 1.165) is 13.1 Å². The van der Waals surface area contributed by atoms with Crippen molar-refractivity contribution in [3.8, 4) is 0 Å². The Morgan fingerprint density at radius 1 is 1.37 bits per heavy atom. The zero-order valence-corrected chi connectivity index (χ0v) is 11.8. The summed E-state index contributed by atoms with van der Waals surface area (Å²) in [5.41, 5.74) is 2.46. The molecule has 1 aromatic rings. The van der Waals surface area contributed by atoms with Gasteiger partial charge in [0, 0.05) is 30.9 Å². The average Bonchev–Trinajstić information content (AvgIpc) is 2.33. The molecular formula is C15H22N2O2. The summed E-state index contributed by atoms with van der Waals surface area (Å²) in [5.74, 6) is -0.726. The molecule has 0 bridgehead atoms. The van der Waals surface area contributed by atoms with E-state index < -0.39 is 5.97 Å². The van der Waals surface area contributed by atoms with Gasteiger partial charge in [-0.3, -0.25) is 9.69 Å². The van der Waals surface area contributed by atoms with E-state index in [-0.39, 0.29) is 12.5 Å². The van der Waals surface area contributed by atoms with Crippen LogP contribution in [0.3, 0.4) is 0 Å². The number of rotatable bonds is 3. The fraction of sp³-hybridized carbons (Fsp3) is 0.533. The van der Waals surface area contributed by atoms with Gasteiger partial charge in [0.1, 0.15) is 0 Å². The second-order valence-corrected chi connectivity index (χ2v) is 5.48. The molecular weight excluding hydrogens is 240 g/mol. The number of piperazine rings is 1. The summed E-state index contributed by atoms with van der Waals surface area (Å²) in [4.78, 5) is 15.5. The van der Waals surface area contributed by atoms with Gasteiger partial charge in [0.2, 0.25) is 0 Å². The molecule has 0 aromatic heterocycles. The number of nitrogens with zero attached hydrogens (tertiary/aromatic N) is 2. The standard InChI is InChI=1S/C15H22N2O2/c1-11-6-4-5-7-14(11)17-10-13(8-15(18)19)16(3)9-12(17)2/h4-7,12-13H,8-10H2,1-3H3,(H,18,19). The van der Waals surface area contributed by atoms with Crippen molar-refractivity contribution in [2.24, 2.45) is 0 Å². The summed E-state index contributed by atoms with van der Waals surface area (Å²) in [6, 6.07) is 8.78. The highest BCUT2D eigenvalue weighted by atomic mass is 16.4. The van der Waals surface area contributed by atoms with Crippen LogP contribution >= 0.6 is 0 Å². The minimum Gasteiger partial charge on any atom is -0.481 e. The Bertz CT molecular complexity index is 461. The summed E-state index contributed by atoms with van der Waals surface area (Å²) in [6.45, 7) is 5.97. The summed E-state index contributed by atoms with van der Waals surface area (Å²) in [6.07, 6.45) is 0.200. The molecule has 1 N–H and O–H groups in total. The Balaban J connectivity index is 2.20. The molecule has 2 rings (SSSR count). The molecule has 0 saturated carbocycles. The van der Waals surface area contributed by atoms with Gasteiger partial charge in [-0.15, -0.1) is 0 Å². The normalized spacial score (nSPS) is 24.5. The highest BCUT2D eigenvalue weighted by Gasteiger charge is 2.31. The Morgan fingerprint density at radius 2 is 2.05 bits per heavy atom. The number of hydrogen-bond acceptors (Lipinski definition) is 3. The highest BCUT2D eigenvalue weighted by Crippen LogP contribution is 2.26. The minimum absolute atomic E-state index is 0.0771. The molecule has 0 amide bonds. The Kier molecular flexibility index (Phi) is 4.10. The quantitative estimate of drug-likeness (QED) is 0.904. The first-order chi connectivity index (χ1) is 8.99. The van der Waals surface area contributed by atoms with Gasteiger partial charge < -0.3 is 10.0 Å². The van der Waals surface area contributed by atoms with Gasteiger partial charge in [0.05, 0.1) is 6.42 Å². The fourth-order valence-electron chi connectivity index (χ4n) is 2.85. The number of carboxylic acid groups (broad SMARTS) is 1. The number of aliphatic carboxylic acids is 1. The number of carbonyl (C=O) groups is 1. The number of hydrogen-bond donors (Lipinski definition) is 1. The van der Waals surface area contributed by atoms with Crippen LogP contribution in [0.1, 0.15) is 18.9 Å². The van der Waals surface area contributed by atoms with Crippen molar-refractivity contribution in [2.75, 3.05) is 25.0 Å². The van der Waals surface area contributed by atoms with Gasteiger partial charge in [0.15, 0.2) is 0 Å². The molecule has 1 aliphatic rings. The van der Waals surface area contributed by atoms with Crippen LogP contribution in [0.2, 0.25) is 0 Å². The van der Waals surface area contributed by atoms with Gasteiger partial charge in [-0.2, -0.15) is 0 Å². The summed E-state index contributed by atoms with van der Waals surface area (Å²) in [5, 5.41) is 9.02. The number of carboxylic acids is 1. The van der Waals surface area contributed by atoms with Crippen LogP contribution < -0.4 is 4.90 Å². The van der Waals surface area contributed by atoms with Crippen molar-refractivity contribution >= 4 is 11.7 Å². The largest absolute Gasteiger partial charge is 0.481 e. The second-order valence-electron chi connectivity index (χ2n) is 5.48. The van der Waals surface area contributed by atoms with Crippen molar-refractivity contribution in [3.05, 3.63) is 29.8 Å². The van der Waals surface area contributed by atoms with E-state index in [1.165, 1.54) is 11.3 Å². The molecule has 1 aliphatic heterocycles. The number of anilines is 1. The lowest BCUT2D eigenvalue weighted by Gasteiger charge is -2.45. The Labute approximate surface area is 114 Å². The van der Waals surface area contributed by atoms with Crippen LogP contribution in [-0.2, 0) is 4.79 Å². The topological polar surface area (TPSA) is 43.8 Å². The molecule has 1 heterocycles. The van der Waals surface area contributed by atoms with Crippen LogP contribution in [0.4, 0.5) is 5.69 Å². The molecule has 0 spiro atoms. The SMILES string of the molecule is Cc1ccccc1N1CC(CC(=O)O)N(C)CC1C. The average molecular weight is 262 g/mol. The molecule has 0 aliphatic carbocycles. The summed E-state index contributed by atoms with van der Waals surface area (Å²) >= 11 is 0. The van der Waals surface area contributed by atoms with E-state index >= 15 is 0 Å². The van der Waals surface area contributed by atoms with Gasteiger partial charge in [-0.25, -0.2) is 0 Å². The third-order valence-corrected chi connectivity index (χ3v) is 3.95. The van der Waals surface area contributed by atoms with E-state index in [9.17, 15) is 4.79 Å². The highest BCUT2D eigenvalue weighted by molar-refractivity contribution is 5.68. The fourth-order valence-corrected chi connectivity index (χ4v) is 2.85. The van der Waals surface area contributed by atoms with Crippen molar-refractivity contribution in [2.45, 2.75) is 32.4 Å². The lowest BCUT2D eigenvalue weighted by molar-refractivity contribution is -0.138. The van der Waals surface area contributed by atoms with E-state index in [2.05, 4.69) is 35.8 Å². The number of para-hydroxylation sites is 1. The van der Waals surface area contributed by atoms with Gasteiger partial charge >= 0.3 is 5.97 Å². The second kappa shape index (κ2) is 5.61. The van der Waals surface area contributed by atoms with E-state index in [1.54, 1.807) is 0 Å². The monoisotopic (exact) mass is 262 g/mol. The molecule has 1 aromatic carbocycles. The van der Waals surface area contributed by atoms with Crippen LogP contribution in [0.25, 0.3) is 0 Å². The molecule has 0 radical (unpaired) electrons. The van der Waals surface area contributed by atoms with Gasteiger partial charge in [0.25, 0.3) is 0 Å². The molecule has 1 saturated heterocycles. The molecule has 4 nitrogen and oxygen atoms in total. The first kappa shape index (κ1) is 13.9. The Morgan fingerprint density at radius 3 is 2.68 bits per heavy atom. The van der Waals surface area contributed by atoms with Crippen molar-refractivity contribution in [3.63, 3.8) is 0 Å². The third-order valence-electron chi connectivity index (χ3n) is 3.95. The Hall–Kier alpha value is -1.55. The molecule has 4 heteroatoms. The maximum atomic E-state index is 11.0.